The molecule has 0 spiro atoms. The molecule has 190 valence electrons. The highest BCUT2D eigenvalue weighted by atomic mass is 16.7. The highest BCUT2D eigenvalue weighted by Crippen LogP contribution is 2.27. The number of carbonyl (C=O) groups excluding carboxylic acids is 1. The number of ether oxygens (including phenoxy) is 4. The number of aliphatic hydroxyl groups excluding tert-OH is 1. The summed E-state index contributed by atoms with van der Waals surface area (Å²) in [5, 5.41) is 13.6. The fourth-order valence-electron chi connectivity index (χ4n) is 4.24. The highest BCUT2D eigenvalue weighted by molar-refractivity contribution is 5.73. The summed E-state index contributed by atoms with van der Waals surface area (Å²) in [6.07, 6.45) is -3.17. The van der Waals surface area contributed by atoms with Gasteiger partial charge in [-0.3, -0.25) is 4.79 Å². The molecule has 1 amide bonds. The van der Waals surface area contributed by atoms with Crippen molar-refractivity contribution in [2.24, 2.45) is 0 Å². The zero-order valence-electron chi connectivity index (χ0n) is 20.4. The van der Waals surface area contributed by atoms with Crippen molar-refractivity contribution in [1.29, 1.82) is 0 Å². The Kier molecular flexibility index (Phi) is 9.61. The van der Waals surface area contributed by atoms with E-state index in [-0.39, 0.29) is 19.1 Å². The molecule has 0 radical (unpaired) electrons. The van der Waals surface area contributed by atoms with E-state index in [1.807, 2.05) is 91.0 Å². The van der Waals surface area contributed by atoms with Gasteiger partial charge in [-0.05, 0) is 16.7 Å². The molecule has 3 aromatic carbocycles. The van der Waals surface area contributed by atoms with Crippen LogP contribution in [0.15, 0.2) is 91.0 Å². The predicted molar refractivity (Wildman–Crippen MR) is 135 cm³/mol. The van der Waals surface area contributed by atoms with Gasteiger partial charge in [0, 0.05) is 6.92 Å². The van der Waals surface area contributed by atoms with E-state index in [1.54, 1.807) is 0 Å². The maximum Gasteiger partial charge on any atom is 0.217 e. The minimum atomic E-state index is -1.28. The van der Waals surface area contributed by atoms with E-state index in [4.69, 9.17) is 18.9 Å². The van der Waals surface area contributed by atoms with E-state index in [0.29, 0.717) is 13.2 Å². The van der Waals surface area contributed by atoms with Gasteiger partial charge in [-0.2, -0.15) is 0 Å². The van der Waals surface area contributed by atoms with Crippen molar-refractivity contribution in [2.45, 2.75) is 57.4 Å². The molecule has 3 aromatic rings. The Morgan fingerprint density at radius 3 is 1.75 bits per heavy atom. The van der Waals surface area contributed by atoms with E-state index in [2.05, 4.69) is 5.32 Å². The first-order valence-corrected chi connectivity index (χ1v) is 12.1. The first-order valence-electron chi connectivity index (χ1n) is 12.1. The van der Waals surface area contributed by atoms with Gasteiger partial charge in [-0.1, -0.05) is 91.0 Å². The molecule has 1 unspecified atom stereocenters. The molecule has 5 atom stereocenters. The topological polar surface area (TPSA) is 86.3 Å². The quantitative estimate of drug-likeness (QED) is 0.426. The monoisotopic (exact) mass is 491 g/mol. The van der Waals surface area contributed by atoms with Gasteiger partial charge in [0.05, 0.1) is 26.4 Å². The van der Waals surface area contributed by atoms with Crippen LogP contribution >= 0.6 is 0 Å². The Bertz CT molecular complexity index is 1050. The lowest BCUT2D eigenvalue weighted by Gasteiger charge is -2.44. The van der Waals surface area contributed by atoms with Gasteiger partial charge in [0.1, 0.15) is 24.4 Å². The van der Waals surface area contributed by atoms with Crippen LogP contribution in [0, 0.1) is 0 Å². The van der Waals surface area contributed by atoms with Gasteiger partial charge >= 0.3 is 0 Å². The van der Waals surface area contributed by atoms with Crippen molar-refractivity contribution in [1.82, 2.24) is 5.32 Å². The molecule has 1 aliphatic heterocycles. The lowest BCUT2D eigenvalue weighted by molar-refractivity contribution is -0.277. The van der Waals surface area contributed by atoms with Crippen molar-refractivity contribution in [2.75, 3.05) is 6.61 Å². The fourth-order valence-corrected chi connectivity index (χ4v) is 4.24. The van der Waals surface area contributed by atoms with Crippen LogP contribution in [-0.4, -0.2) is 48.3 Å². The van der Waals surface area contributed by atoms with E-state index in [0.717, 1.165) is 16.7 Å². The average Bonchev–Trinajstić information content (AvgIpc) is 2.90. The van der Waals surface area contributed by atoms with Gasteiger partial charge < -0.3 is 29.4 Å². The van der Waals surface area contributed by atoms with E-state index >= 15 is 0 Å². The Hall–Kier alpha value is -3.07. The molecule has 1 heterocycles. The zero-order valence-corrected chi connectivity index (χ0v) is 20.4. The molecular formula is C29H33NO6. The van der Waals surface area contributed by atoms with Crippen LogP contribution < -0.4 is 5.32 Å². The standard InChI is InChI=1S/C29H33NO6/c1-21(31)30-26-28(35-19-24-15-9-4-10-16-24)27(34-18-23-13-7-3-8-14-23)25(36-29(26)32)20-33-17-22-11-5-2-6-12-22/h2-16,25-29,32H,17-20H2,1H3,(H,30,31)/t25?,26-,27+,28+,29-/m0/s1. The van der Waals surface area contributed by atoms with Crippen LogP contribution in [0.4, 0.5) is 0 Å². The first-order chi connectivity index (χ1) is 17.6. The Morgan fingerprint density at radius 1 is 0.778 bits per heavy atom. The van der Waals surface area contributed by atoms with Crippen molar-refractivity contribution in [3.05, 3.63) is 108 Å². The fraction of sp³-hybridized carbons (Fsp3) is 0.345. The van der Waals surface area contributed by atoms with E-state index in [9.17, 15) is 9.90 Å². The number of carbonyl (C=O) groups is 1. The lowest BCUT2D eigenvalue weighted by atomic mass is 9.96. The minimum absolute atomic E-state index is 0.184. The molecule has 0 aliphatic carbocycles. The minimum Gasteiger partial charge on any atom is -0.374 e. The van der Waals surface area contributed by atoms with Crippen LogP contribution in [0.3, 0.4) is 0 Å². The summed E-state index contributed by atoms with van der Waals surface area (Å²) in [7, 11) is 0. The molecule has 36 heavy (non-hydrogen) atoms. The largest absolute Gasteiger partial charge is 0.374 e. The number of nitrogens with one attached hydrogen (secondary N) is 1. The van der Waals surface area contributed by atoms with E-state index < -0.39 is 30.6 Å². The summed E-state index contributed by atoms with van der Waals surface area (Å²) >= 11 is 0. The molecule has 7 nitrogen and oxygen atoms in total. The van der Waals surface area contributed by atoms with Gasteiger partial charge in [0.2, 0.25) is 5.91 Å². The summed E-state index contributed by atoms with van der Waals surface area (Å²) in [6, 6.07) is 28.6. The molecule has 7 heteroatoms. The van der Waals surface area contributed by atoms with Crippen LogP contribution in [0.5, 0.6) is 0 Å². The Labute approximate surface area is 212 Å². The Balaban J connectivity index is 1.53. The normalized spacial score (nSPS) is 23.8. The van der Waals surface area contributed by atoms with Gasteiger partial charge in [0.25, 0.3) is 0 Å². The van der Waals surface area contributed by atoms with Crippen molar-refractivity contribution >= 4 is 5.91 Å². The molecule has 1 aliphatic rings. The zero-order chi connectivity index (χ0) is 25.2. The number of benzene rings is 3. The Morgan fingerprint density at radius 2 is 1.25 bits per heavy atom. The second-order valence-corrected chi connectivity index (χ2v) is 8.81. The second-order valence-electron chi connectivity index (χ2n) is 8.81. The van der Waals surface area contributed by atoms with Gasteiger partial charge in [-0.25, -0.2) is 0 Å². The van der Waals surface area contributed by atoms with Crippen molar-refractivity contribution in [3.8, 4) is 0 Å². The predicted octanol–water partition coefficient (Wildman–Crippen LogP) is 3.60. The maximum absolute atomic E-state index is 12.0. The third kappa shape index (κ3) is 7.46. The second kappa shape index (κ2) is 13.3. The molecule has 0 saturated carbocycles. The summed E-state index contributed by atoms with van der Waals surface area (Å²) in [4.78, 5) is 12.0. The number of aliphatic hydroxyl groups is 1. The van der Waals surface area contributed by atoms with Crippen molar-refractivity contribution < 1.29 is 28.8 Å². The summed E-state index contributed by atoms with van der Waals surface area (Å²) in [6.45, 7) is 2.58. The number of amides is 1. The third-order valence-corrected chi connectivity index (χ3v) is 6.00. The van der Waals surface area contributed by atoms with Crippen LogP contribution in [0.25, 0.3) is 0 Å². The molecular weight excluding hydrogens is 458 g/mol. The van der Waals surface area contributed by atoms with Crippen molar-refractivity contribution in [3.63, 3.8) is 0 Å². The number of rotatable bonds is 11. The number of hydrogen-bond donors (Lipinski definition) is 2. The molecule has 0 bridgehead atoms. The maximum atomic E-state index is 12.0. The number of hydrogen-bond acceptors (Lipinski definition) is 6. The molecule has 0 aromatic heterocycles. The average molecular weight is 492 g/mol. The summed E-state index contributed by atoms with van der Waals surface area (Å²) in [5.41, 5.74) is 2.99. The summed E-state index contributed by atoms with van der Waals surface area (Å²) < 4.78 is 24.6. The summed E-state index contributed by atoms with van der Waals surface area (Å²) in [5.74, 6) is -0.295. The van der Waals surface area contributed by atoms with Crippen LogP contribution in [0.1, 0.15) is 23.6 Å². The highest BCUT2D eigenvalue weighted by Gasteiger charge is 2.47. The van der Waals surface area contributed by atoms with Crippen LogP contribution in [-0.2, 0) is 43.6 Å². The SMILES string of the molecule is CC(=O)N[C@H]1[C@@H](OCc2ccccc2)[C@H](OCc2ccccc2)C(COCc2ccccc2)O[C@@H]1O. The first kappa shape index (κ1) is 26.0. The van der Waals surface area contributed by atoms with Gasteiger partial charge in [0.15, 0.2) is 6.29 Å². The third-order valence-electron chi connectivity index (χ3n) is 6.00. The van der Waals surface area contributed by atoms with Gasteiger partial charge in [-0.15, -0.1) is 0 Å². The lowest BCUT2D eigenvalue weighted by Crippen LogP contribution is -2.65. The molecule has 4 rings (SSSR count). The molecule has 2 N–H and O–H groups in total. The molecule has 1 saturated heterocycles. The smallest absolute Gasteiger partial charge is 0.217 e. The molecule has 1 fully saturated rings. The van der Waals surface area contributed by atoms with Crippen LogP contribution in [0.2, 0.25) is 0 Å². The van der Waals surface area contributed by atoms with E-state index in [1.165, 1.54) is 6.92 Å².